The predicted octanol–water partition coefficient (Wildman–Crippen LogP) is 5.77. The Kier molecular flexibility index (Phi) is 7.93. The standard InChI is InChI=1S/C24H27N3O3S2/c1-24(2,3)15-32-20-7-5-4-6-19(20)25-13-16-8-10-17(11-9-16)22(30)27-23-26-18(14-31-23)12-21(28)29/h4-11,14,25H,12-13,15H2,1-3H3,(H,28,29)(H,26,27,30). The summed E-state index contributed by atoms with van der Waals surface area (Å²) in [6.07, 6.45) is -0.161. The number of rotatable bonds is 9. The average Bonchev–Trinajstić information content (AvgIpc) is 3.17. The van der Waals surface area contributed by atoms with Gasteiger partial charge in [0, 0.05) is 33.8 Å². The maximum Gasteiger partial charge on any atom is 0.309 e. The molecular weight excluding hydrogens is 442 g/mol. The Balaban J connectivity index is 1.56. The van der Waals surface area contributed by atoms with Crippen LogP contribution < -0.4 is 10.6 Å². The topological polar surface area (TPSA) is 91.3 Å². The van der Waals surface area contributed by atoms with Crippen molar-refractivity contribution in [2.24, 2.45) is 5.41 Å². The Labute approximate surface area is 196 Å². The van der Waals surface area contributed by atoms with Crippen LogP contribution in [0, 0.1) is 5.41 Å². The van der Waals surface area contributed by atoms with Gasteiger partial charge in [0.1, 0.15) is 0 Å². The smallest absolute Gasteiger partial charge is 0.309 e. The quantitative estimate of drug-likeness (QED) is 0.345. The third-order valence-corrected chi connectivity index (χ3v) is 6.84. The largest absolute Gasteiger partial charge is 0.481 e. The molecule has 1 aromatic heterocycles. The van der Waals surface area contributed by atoms with E-state index in [1.165, 1.54) is 16.2 Å². The second kappa shape index (κ2) is 10.7. The van der Waals surface area contributed by atoms with E-state index in [0.29, 0.717) is 22.9 Å². The monoisotopic (exact) mass is 469 g/mol. The van der Waals surface area contributed by atoms with Crippen LogP contribution in [0.3, 0.4) is 0 Å². The van der Waals surface area contributed by atoms with Crippen molar-refractivity contribution in [3.8, 4) is 0 Å². The molecule has 0 radical (unpaired) electrons. The van der Waals surface area contributed by atoms with Crippen molar-refractivity contribution in [3.05, 3.63) is 70.7 Å². The Bertz CT molecular complexity index is 1070. The highest BCUT2D eigenvalue weighted by Gasteiger charge is 2.13. The zero-order valence-corrected chi connectivity index (χ0v) is 20.0. The van der Waals surface area contributed by atoms with Crippen LogP contribution in [0.5, 0.6) is 0 Å². The van der Waals surface area contributed by atoms with E-state index in [1.54, 1.807) is 17.5 Å². The molecule has 1 amide bonds. The first kappa shape index (κ1) is 23.8. The number of benzene rings is 2. The fraction of sp³-hybridized carbons (Fsp3) is 0.292. The van der Waals surface area contributed by atoms with E-state index in [4.69, 9.17) is 5.11 Å². The zero-order chi connectivity index (χ0) is 23.1. The van der Waals surface area contributed by atoms with E-state index >= 15 is 0 Å². The average molecular weight is 470 g/mol. The van der Waals surface area contributed by atoms with Crippen LogP contribution >= 0.6 is 23.1 Å². The van der Waals surface area contributed by atoms with Gasteiger partial charge in [0.25, 0.3) is 5.91 Å². The molecule has 0 spiro atoms. The molecule has 3 aromatic rings. The third-order valence-electron chi connectivity index (χ3n) is 4.35. The van der Waals surface area contributed by atoms with Crippen molar-refractivity contribution in [1.29, 1.82) is 0 Å². The van der Waals surface area contributed by atoms with Gasteiger partial charge in [-0.2, -0.15) is 0 Å². The van der Waals surface area contributed by atoms with Crippen molar-refractivity contribution in [2.75, 3.05) is 16.4 Å². The number of nitrogens with zero attached hydrogens (tertiary/aromatic N) is 1. The first-order chi connectivity index (χ1) is 15.2. The van der Waals surface area contributed by atoms with E-state index in [0.717, 1.165) is 17.0 Å². The number of hydrogen-bond donors (Lipinski definition) is 3. The van der Waals surface area contributed by atoms with Crippen LogP contribution in [0.1, 0.15) is 42.4 Å². The molecule has 0 bridgehead atoms. The molecule has 3 N–H and O–H groups in total. The summed E-state index contributed by atoms with van der Waals surface area (Å²) in [6, 6.07) is 15.7. The number of carbonyl (C=O) groups is 2. The Morgan fingerprint density at radius 3 is 2.50 bits per heavy atom. The van der Waals surface area contributed by atoms with Crippen molar-refractivity contribution >= 4 is 45.8 Å². The molecular formula is C24H27N3O3S2. The summed E-state index contributed by atoms with van der Waals surface area (Å²) in [5.74, 6) is -0.190. The van der Waals surface area contributed by atoms with Crippen LogP contribution in [0.4, 0.5) is 10.8 Å². The van der Waals surface area contributed by atoms with Gasteiger partial charge < -0.3 is 10.4 Å². The number of aliphatic carboxylic acids is 1. The van der Waals surface area contributed by atoms with Gasteiger partial charge in [0.2, 0.25) is 0 Å². The first-order valence-corrected chi connectivity index (χ1v) is 12.1. The number of thiazole rings is 1. The molecule has 6 nitrogen and oxygen atoms in total. The third kappa shape index (κ3) is 7.39. The van der Waals surface area contributed by atoms with Gasteiger partial charge in [-0.15, -0.1) is 23.1 Å². The van der Waals surface area contributed by atoms with Crippen molar-refractivity contribution in [2.45, 2.75) is 38.6 Å². The van der Waals surface area contributed by atoms with E-state index in [9.17, 15) is 9.59 Å². The first-order valence-electron chi connectivity index (χ1n) is 10.2. The lowest BCUT2D eigenvalue weighted by molar-refractivity contribution is -0.136. The number of carboxylic acids is 1. The number of carbonyl (C=O) groups excluding carboxylic acids is 1. The van der Waals surface area contributed by atoms with E-state index < -0.39 is 5.97 Å². The molecule has 0 fully saturated rings. The number of thioether (sulfide) groups is 1. The van der Waals surface area contributed by atoms with E-state index in [1.807, 2.05) is 30.0 Å². The number of carboxylic acid groups (broad SMARTS) is 1. The fourth-order valence-corrected chi connectivity index (χ4v) is 4.54. The summed E-state index contributed by atoms with van der Waals surface area (Å²) >= 11 is 3.06. The predicted molar refractivity (Wildman–Crippen MR) is 132 cm³/mol. The summed E-state index contributed by atoms with van der Waals surface area (Å²) in [5, 5.41) is 17.1. The number of amides is 1. The number of nitrogens with one attached hydrogen (secondary N) is 2. The maximum atomic E-state index is 12.5. The second-order valence-electron chi connectivity index (χ2n) is 8.56. The molecule has 0 unspecified atom stereocenters. The summed E-state index contributed by atoms with van der Waals surface area (Å²) < 4.78 is 0. The number of aromatic nitrogens is 1. The van der Waals surface area contributed by atoms with Crippen LogP contribution in [-0.2, 0) is 17.8 Å². The molecule has 0 aliphatic heterocycles. The molecule has 3 rings (SSSR count). The SMILES string of the molecule is CC(C)(C)CSc1ccccc1NCc1ccc(C(=O)Nc2nc(CC(=O)O)cs2)cc1. The number of para-hydroxylation sites is 1. The molecule has 0 atom stereocenters. The van der Waals surface area contributed by atoms with Crippen LogP contribution in [-0.4, -0.2) is 27.7 Å². The minimum atomic E-state index is -0.951. The molecule has 32 heavy (non-hydrogen) atoms. The van der Waals surface area contributed by atoms with Gasteiger partial charge in [-0.05, 0) is 35.2 Å². The Morgan fingerprint density at radius 1 is 1.09 bits per heavy atom. The zero-order valence-electron chi connectivity index (χ0n) is 18.3. The lowest BCUT2D eigenvalue weighted by atomic mass is 10.0. The molecule has 1 heterocycles. The van der Waals surface area contributed by atoms with Crippen LogP contribution in [0.15, 0.2) is 58.8 Å². The lowest BCUT2D eigenvalue weighted by Crippen LogP contribution is -2.12. The minimum absolute atomic E-state index is 0.161. The van der Waals surface area contributed by atoms with Gasteiger partial charge in [-0.3, -0.25) is 14.9 Å². The summed E-state index contributed by atoms with van der Waals surface area (Å²) in [4.78, 5) is 28.6. The highest BCUT2D eigenvalue weighted by Crippen LogP contribution is 2.32. The molecule has 0 saturated heterocycles. The second-order valence-corrected chi connectivity index (χ2v) is 10.4. The molecule has 8 heteroatoms. The molecule has 0 saturated carbocycles. The van der Waals surface area contributed by atoms with Crippen molar-refractivity contribution in [1.82, 2.24) is 4.98 Å². The molecule has 0 aliphatic carbocycles. The summed E-state index contributed by atoms with van der Waals surface area (Å²) in [6.45, 7) is 7.35. The molecule has 0 aliphatic rings. The van der Waals surface area contributed by atoms with E-state index in [-0.39, 0.29) is 17.7 Å². The van der Waals surface area contributed by atoms with Gasteiger partial charge >= 0.3 is 5.97 Å². The van der Waals surface area contributed by atoms with Crippen LogP contribution in [0.25, 0.3) is 0 Å². The summed E-state index contributed by atoms with van der Waals surface area (Å²) in [7, 11) is 0. The highest BCUT2D eigenvalue weighted by atomic mass is 32.2. The normalized spacial score (nSPS) is 11.2. The van der Waals surface area contributed by atoms with Crippen LogP contribution in [0.2, 0.25) is 0 Å². The Hall–Kier alpha value is -2.84. The van der Waals surface area contributed by atoms with Gasteiger partial charge in [0.05, 0.1) is 12.1 Å². The minimum Gasteiger partial charge on any atom is -0.481 e. The fourth-order valence-electron chi connectivity index (χ4n) is 2.77. The Morgan fingerprint density at radius 2 is 1.81 bits per heavy atom. The maximum absolute atomic E-state index is 12.5. The number of anilines is 2. The highest BCUT2D eigenvalue weighted by molar-refractivity contribution is 7.99. The van der Waals surface area contributed by atoms with Gasteiger partial charge in [0.15, 0.2) is 5.13 Å². The number of hydrogen-bond acceptors (Lipinski definition) is 6. The van der Waals surface area contributed by atoms with Gasteiger partial charge in [-0.1, -0.05) is 45.0 Å². The summed E-state index contributed by atoms with van der Waals surface area (Å²) in [5.41, 5.74) is 3.37. The van der Waals surface area contributed by atoms with E-state index in [2.05, 4.69) is 54.6 Å². The lowest BCUT2D eigenvalue weighted by Gasteiger charge is -2.19. The van der Waals surface area contributed by atoms with Crippen molar-refractivity contribution < 1.29 is 14.7 Å². The molecule has 168 valence electrons. The van der Waals surface area contributed by atoms with Crippen molar-refractivity contribution in [3.63, 3.8) is 0 Å². The van der Waals surface area contributed by atoms with Gasteiger partial charge in [-0.25, -0.2) is 4.98 Å². The molecule has 2 aromatic carbocycles.